The minimum absolute atomic E-state index is 0. The highest BCUT2D eigenvalue weighted by Crippen LogP contribution is 2.24. The zero-order valence-corrected chi connectivity index (χ0v) is 17.6. The number of nitrogens with one attached hydrogen (secondary N) is 2. The normalized spacial score (nSPS) is 16.1. The molecule has 1 saturated heterocycles. The molecule has 2 aromatic rings. The highest BCUT2D eigenvalue weighted by molar-refractivity contribution is 5.92. The van der Waals surface area contributed by atoms with E-state index in [-0.39, 0.29) is 28.0 Å². The predicted molar refractivity (Wildman–Crippen MR) is 111 cm³/mol. The molecule has 11 heteroatoms. The van der Waals surface area contributed by atoms with Gasteiger partial charge in [0.1, 0.15) is 5.69 Å². The molecular weight excluding hydrogens is 425 g/mol. The average Bonchev–Trinajstić information content (AvgIpc) is 3.44. The van der Waals surface area contributed by atoms with Crippen LogP contribution in [0.25, 0.3) is 0 Å². The fraction of sp³-hybridized carbons (Fsp3) is 0.524. The second-order valence-electron chi connectivity index (χ2n) is 8.12. The number of amides is 3. The lowest BCUT2D eigenvalue weighted by atomic mass is 9.92. The molecule has 0 saturated carbocycles. The zero-order chi connectivity index (χ0) is 21.8. The number of nitrogens with zero attached hydrogens (tertiary/aromatic N) is 4. The molecule has 174 valence electrons. The van der Waals surface area contributed by atoms with Crippen LogP contribution < -0.4 is 5.32 Å². The Kier molecular flexibility index (Phi) is 7.70. The van der Waals surface area contributed by atoms with E-state index in [1.165, 1.54) is 0 Å². The van der Waals surface area contributed by atoms with Crippen molar-refractivity contribution in [2.75, 3.05) is 19.6 Å². The lowest BCUT2D eigenvalue weighted by molar-refractivity contribution is 0.0680. The number of carbonyl (C=O) groups excluding carboxylic acids is 2. The molecule has 2 aliphatic heterocycles. The van der Waals surface area contributed by atoms with Crippen LogP contribution in [-0.4, -0.2) is 56.6 Å². The van der Waals surface area contributed by atoms with Crippen molar-refractivity contribution in [2.24, 2.45) is 5.92 Å². The summed E-state index contributed by atoms with van der Waals surface area (Å²) in [4.78, 5) is 32.3. The number of halogens is 3. The number of alkyl halides is 2. The Balaban J connectivity index is 0.00000289. The van der Waals surface area contributed by atoms with Gasteiger partial charge in [-0.2, -0.15) is 5.10 Å². The number of H-pyrrole nitrogens is 1. The van der Waals surface area contributed by atoms with Crippen LogP contribution in [0.3, 0.4) is 0 Å². The monoisotopic (exact) mass is 452 g/mol. The third kappa shape index (κ3) is 5.38. The molecule has 0 aromatic carbocycles. The van der Waals surface area contributed by atoms with Crippen molar-refractivity contribution in [3.63, 3.8) is 0 Å². The third-order valence-corrected chi connectivity index (χ3v) is 6.03. The van der Waals surface area contributed by atoms with Crippen LogP contribution in [0.4, 0.5) is 18.3 Å². The molecule has 8 nitrogen and oxygen atoms in total. The van der Waals surface area contributed by atoms with Gasteiger partial charge in [-0.3, -0.25) is 19.6 Å². The van der Waals surface area contributed by atoms with Gasteiger partial charge in [-0.1, -0.05) is 0 Å². The van der Waals surface area contributed by atoms with E-state index in [0.717, 1.165) is 42.9 Å². The van der Waals surface area contributed by atoms with E-state index in [0.29, 0.717) is 38.6 Å². The van der Waals surface area contributed by atoms with E-state index >= 15 is 0 Å². The molecule has 0 aliphatic carbocycles. The molecule has 0 spiro atoms. The number of hydrogen-bond donors (Lipinski definition) is 2. The fourth-order valence-electron chi connectivity index (χ4n) is 4.21. The fourth-order valence-corrected chi connectivity index (χ4v) is 4.21. The summed E-state index contributed by atoms with van der Waals surface area (Å²) < 4.78 is 25.3. The smallest absolute Gasteiger partial charge is 0.318 e. The van der Waals surface area contributed by atoms with Gasteiger partial charge in [0.15, 0.2) is 5.69 Å². The minimum atomic E-state index is -2.67. The number of pyridine rings is 1. The highest BCUT2D eigenvalue weighted by Gasteiger charge is 2.26. The molecule has 0 bridgehead atoms. The number of aromatic nitrogens is 3. The number of piperidine rings is 1. The predicted octanol–water partition coefficient (Wildman–Crippen LogP) is 3.25. The number of hydrogen-bond acceptors (Lipinski definition) is 4. The first-order valence-electron chi connectivity index (χ1n) is 10.6. The Bertz CT molecular complexity index is 905. The van der Waals surface area contributed by atoms with Gasteiger partial charge >= 0.3 is 6.03 Å². The Morgan fingerprint density at radius 2 is 1.94 bits per heavy atom. The van der Waals surface area contributed by atoms with Gasteiger partial charge in [-0.15, -0.1) is 0 Å². The third-order valence-electron chi connectivity index (χ3n) is 6.03. The van der Waals surface area contributed by atoms with Gasteiger partial charge < -0.3 is 15.1 Å². The van der Waals surface area contributed by atoms with Gasteiger partial charge in [0.05, 0.1) is 0 Å². The number of carbonyl (C=O) groups is 2. The van der Waals surface area contributed by atoms with Gasteiger partial charge in [0.2, 0.25) is 0 Å². The van der Waals surface area contributed by atoms with Crippen molar-refractivity contribution in [1.29, 1.82) is 0 Å². The Hall–Kier alpha value is -3.11. The van der Waals surface area contributed by atoms with E-state index in [1.807, 2.05) is 12.3 Å². The number of rotatable bonds is 6. The van der Waals surface area contributed by atoms with E-state index < -0.39 is 6.43 Å². The van der Waals surface area contributed by atoms with Crippen LogP contribution >= 0.6 is 0 Å². The summed E-state index contributed by atoms with van der Waals surface area (Å²) in [5.74, 6) is 0.176. The molecule has 3 amide bonds. The molecule has 4 rings (SSSR count). The molecule has 32 heavy (non-hydrogen) atoms. The number of urea groups is 1. The van der Waals surface area contributed by atoms with Crippen molar-refractivity contribution >= 4 is 11.9 Å². The molecule has 2 aliphatic rings. The largest absolute Gasteiger partial charge is 0.338 e. The van der Waals surface area contributed by atoms with Crippen LogP contribution in [0.2, 0.25) is 0 Å². The minimum Gasteiger partial charge on any atom is -0.338 e. The van der Waals surface area contributed by atoms with Crippen molar-refractivity contribution < 1.29 is 23.1 Å². The first-order chi connectivity index (χ1) is 15.0. The van der Waals surface area contributed by atoms with Crippen molar-refractivity contribution in [3.8, 4) is 0 Å². The first-order valence-corrected chi connectivity index (χ1v) is 10.6. The van der Waals surface area contributed by atoms with Crippen LogP contribution in [-0.2, 0) is 13.1 Å². The van der Waals surface area contributed by atoms with E-state index in [9.17, 15) is 18.4 Å². The molecular formula is C21H27F3N6O2. The molecule has 0 radical (unpaired) electrons. The molecule has 2 N–H and O–H groups in total. The van der Waals surface area contributed by atoms with Crippen LogP contribution in [0.5, 0.6) is 0 Å². The van der Waals surface area contributed by atoms with E-state index in [4.69, 9.17) is 0 Å². The Morgan fingerprint density at radius 1 is 1.19 bits per heavy atom. The summed E-state index contributed by atoms with van der Waals surface area (Å²) in [7, 11) is 0. The summed E-state index contributed by atoms with van der Waals surface area (Å²) in [6, 6.07) is 3.01. The van der Waals surface area contributed by atoms with Crippen LogP contribution in [0.1, 0.15) is 59.4 Å². The quantitative estimate of drug-likeness (QED) is 0.658. The van der Waals surface area contributed by atoms with Crippen molar-refractivity contribution in [1.82, 2.24) is 30.3 Å². The van der Waals surface area contributed by atoms with Crippen molar-refractivity contribution in [3.05, 3.63) is 47.0 Å². The summed E-state index contributed by atoms with van der Waals surface area (Å²) in [5, 5.41) is 8.91. The lowest BCUT2D eigenvalue weighted by Crippen LogP contribution is -2.39. The SMILES string of the molecule is F.O=C(NCCCC1CCN(C(=O)c2cc(C(F)F)[nH]n2)CC1)N1Cc2ccncc2C1. The van der Waals surface area contributed by atoms with Gasteiger partial charge in [-0.05, 0) is 54.9 Å². The number of fused-ring (bicyclic) bond motifs is 1. The van der Waals surface area contributed by atoms with Crippen LogP contribution in [0.15, 0.2) is 24.5 Å². The topological polar surface area (TPSA) is 94.2 Å². The number of likely N-dealkylation sites (tertiary alicyclic amines) is 1. The van der Waals surface area contributed by atoms with Crippen LogP contribution in [0, 0.1) is 5.92 Å². The standard InChI is InChI=1S/C21H26F2N6O2.FH/c22-19(23)17-10-18(27-26-17)20(30)28-8-4-14(5-9-28)2-1-6-25-21(31)29-12-15-3-7-24-11-16(15)13-29;/h3,7,10-11,14,19H,1-2,4-6,8-9,12-13H2,(H,25,31)(H,26,27);1H. The second-order valence-corrected chi connectivity index (χ2v) is 8.12. The molecule has 1 fully saturated rings. The van der Waals surface area contributed by atoms with E-state index in [1.54, 1.807) is 16.0 Å². The van der Waals surface area contributed by atoms with Crippen molar-refractivity contribution in [2.45, 2.75) is 45.2 Å². The molecule has 0 unspecified atom stereocenters. The maximum absolute atomic E-state index is 12.7. The Labute approximate surface area is 183 Å². The maximum atomic E-state index is 12.7. The molecule has 4 heterocycles. The van der Waals surface area contributed by atoms with E-state index in [2.05, 4.69) is 20.5 Å². The highest BCUT2D eigenvalue weighted by atomic mass is 19.3. The van der Waals surface area contributed by atoms with Gasteiger partial charge in [0, 0.05) is 45.1 Å². The summed E-state index contributed by atoms with van der Waals surface area (Å²) in [6.45, 7) is 3.01. The summed E-state index contributed by atoms with van der Waals surface area (Å²) in [5.41, 5.74) is 1.94. The average molecular weight is 452 g/mol. The molecule has 2 aromatic heterocycles. The second kappa shape index (κ2) is 10.5. The zero-order valence-electron chi connectivity index (χ0n) is 17.6. The molecule has 0 atom stereocenters. The number of aromatic amines is 1. The maximum Gasteiger partial charge on any atom is 0.318 e. The summed E-state index contributed by atoms with van der Waals surface area (Å²) >= 11 is 0. The summed E-state index contributed by atoms with van der Waals surface area (Å²) in [6.07, 6.45) is 4.46. The van der Waals surface area contributed by atoms with Gasteiger partial charge in [-0.25, -0.2) is 13.6 Å². The van der Waals surface area contributed by atoms with Gasteiger partial charge in [0.25, 0.3) is 12.3 Å². The lowest BCUT2D eigenvalue weighted by Gasteiger charge is -2.31. The first kappa shape index (κ1) is 23.6. The Morgan fingerprint density at radius 3 is 2.62 bits per heavy atom.